The van der Waals surface area contributed by atoms with Crippen LogP contribution < -0.4 is 10.2 Å². The van der Waals surface area contributed by atoms with Crippen molar-refractivity contribution in [3.63, 3.8) is 0 Å². The highest BCUT2D eigenvalue weighted by Gasteiger charge is 2.19. The lowest BCUT2D eigenvalue weighted by atomic mass is 10.1. The van der Waals surface area contributed by atoms with Gasteiger partial charge in [0.25, 0.3) is 5.69 Å². The molecule has 7 heteroatoms. The van der Waals surface area contributed by atoms with Crippen molar-refractivity contribution in [1.82, 2.24) is 0 Å². The summed E-state index contributed by atoms with van der Waals surface area (Å²) in [7, 11) is 0. The Hall–Kier alpha value is -4.26. The fraction of sp³-hybridized carbons (Fsp3) is 0.0435. The molecule has 1 heterocycles. The Morgan fingerprint density at radius 1 is 0.933 bits per heavy atom. The van der Waals surface area contributed by atoms with Crippen molar-refractivity contribution in [2.45, 2.75) is 0 Å². The number of nitro benzene ring substituents is 1. The lowest BCUT2D eigenvalue weighted by Gasteiger charge is -2.11. The average Bonchev–Trinajstić information content (AvgIpc) is 2.79. The van der Waals surface area contributed by atoms with Crippen molar-refractivity contribution in [2.75, 3.05) is 6.61 Å². The van der Waals surface area contributed by atoms with Crippen LogP contribution in [0.5, 0.6) is 5.75 Å². The molecule has 0 aliphatic heterocycles. The Kier molecular flexibility index (Phi) is 5.09. The summed E-state index contributed by atoms with van der Waals surface area (Å²) in [5.74, 6) is -0.248. The molecule has 0 atom stereocenters. The number of rotatable bonds is 6. The van der Waals surface area contributed by atoms with Crippen LogP contribution in [0.2, 0.25) is 0 Å². The first-order valence-corrected chi connectivity index (χ1v) is 9.06. The molecule has 0 radical (unpaired) electrons. The summed E-state index contributed by atoms with van der Waals surface area (Å²) >= 11 is 0. The molecular weight excluding hydrogens is 386 g/mol. The van der Waals surface area contributed by atoms with Gasteiger partial charge in [-0.15, -0.1) is 0 Å². The molecule has 4 rings (SSSR count). The van der Waals surface area contributed by atoms with Crippen molar-refractivity contribution in [1.29, 1.82) is 0 Å². The molecule has 30 heavy (non-hydrogen) atoms. The van der Waals surface area contributed by atoms with Gasteiger partial charge >= 0.3 is 0 Å². The normalized spacial score (nSPS) is 10.7. The lowest BCUT2D eigenvalue weighted by Crippen LogP contribution is -2.17. The van der Waals surface area contributed by atoms with E-state index in [1.165, 1.54) is 24.3 Å². The maximum atomic E-state index is 13.0. The van der Waals surface area contributed by atoms with Crippen molar-refractivity contribution in [3.05, 3.63) is 105 Å². The van der Waals surface area contributed by atoms with Gasteiger partial charge in [-0.3, -0.25) is 19.7 Å². The minimum absolute atomic E-state index is 0.0600. The second-order valence-electron chi connectivity index (χ2n) is 6.47. The van der Waals surface area contributed by atoms with Crippen molar-refractivity contribution >= 4 is 22.4 Å². The predicted octanol–water partition coefficient (Wildman–Crippen LogP) is 4.63. The largest absolute Gasteiger partial charge is 0.478 e. The van der Waals surface area contributed by atoms with Gasteiger partial charge < -0.3 is 9.15 Å². The first-order valence-electron chi connectivity index (χ1n) is 9.06. The topological polar surface area (TPSA) is 99.7 Å². The zero-order valence-corrected chi connectivity index (χ0v) is 15.6. The van der Waals surface area contributed by atoms with Crippen LogP contribution in [0.1, 0.15) is 10.4 Å². The van der Waals surface area contributed by atoms with Gasteiger partial charge in [-0.25, -0.2) is 0 Å². The SMILES string of the molecule is O=C(COc1c(-c2ccccc2)oc2ccccc2c1=O)c1ccc([N+](=O)[O-])cc1. The zero-order chi connectivity index (χ0) is 21.1. The summed E-state index contributed by atoms with van der Waals surface area (Å²) in [5, 5.41) is 11.1. The van der Waals surface area contributed by atoms with E-state index in [9.17, 15) is 19.7 Å². The summed E-state index contributed by atoms with van der Waals surface area (Å²) in [5.41, 5.74) is 0.793. The average molecular weight is 401 g/mol. The number of para-hydroxylation sites is 1. The second-order valence-corrected chi connectivity index (χ2v) is 6.47. The van der Waals surface area contributed by atoms with E-state index in [1.54, 1.807) is 48.5 Å². The summed E-state index contributed by atoms with van der Waals surface area (Å²) < 4.78 is 11.6. The third-order valence-corrected chi connectivity index (χ3v) is 4.54. The van der Waals surface area contributed by atoms with Gasteiger partial charge in [-0.05, 0) is 24.3 Å². The van der Waals surface area contributed by atoms with Gasteiger partial charge in [0.1, 0.15) is 5.58 Å². The molecule has 0 fully saturated rings. The minimum atomic E-state index is -0.544. The van der Waals surface area contributed by atoms with E-state index in [-0.39, 0.29) is 28.2 Å². The van der Waals surface area contributed by atoms with Crippen LogP contribution >= 0.6 is 0 Å². The van der Waals surface area contributed by atoms with Gasteiger partial charge in [0.15, 0.2) is 18.2 Å². The molecule has 0 saturated carbocycles. The van der Waals surface area contributed by atoms with Crippen LogP contribution in [-0.2, 0) is 0 Å². The molecule has 1 aromatic heterocycles. The number of benzene rings is 3. The van der Waals surface area contributed by atoms with Crippen LogP contribution in [0, 0.1) is 10.1 Å². The molecule has 0 bridgehead atoms. The Balaban J connectivity index is 1.69. The lowest BCUT2D eigenvalue weighted by molar-refractivity contribution is -0.384. The van der Waals surface area contributed by atoms with Crippen molar-refractivity contribution in [2.24, 2.45) is 0 Å². The van der Waals surface area contributed by atoms with Crippen LogP contribution in [-0.4, -0.2) is 17.3 Å². The number of carbonyl (C=O) groups is 1. The number of nitrogens with zero attached hydrogens (tertiary/aromatic N) is 1. The number of fused-ring (bicyclic) bond motifs is 1. The number of ketones is 1. The number of non-ortho nitro benzene ring substituents is 1. The number of nitro groups is 1. The van der Waals surface area contributed by atoms with Crippen molar-refractivity contribution in [3.8, 4) is 17.1 Å². The van der Waals surface area contributed by atoms with E-state index >= 15 is 0 Å². The molecule has 0 N–H and O–H groups in total. The maximum Gasteiger partial charge on any atom is 0.269 e. The molecule has 148 valence electrons. The fourth-order valence-electron chi connectivity index (χ4n) is 3.03. The third-order valence-electron chi connectivity index (χ3n) is 4.54. The summed E-state index contributed by atoms with van der Waals surface area (Å²) in [4.78, 5) is 35.7. The monoisotopic (exact) mass is 401 g/mol. The molecule has 0 spiro atoms. The highest BCUT2D eigenvalue weighted by molar-refractivity contribution is 5.97. The van der Waals surface area contributed by atoms with Crippen molar-refractivity contribution < 1.29 is 18.9 Å². The first kappa shape index (κ1) is 19.1. The smallest absolute Gasteiger partial charge is 0.269 e. The molecule has 0 amide bonds. The van der Waals surface area contributed by atoms with E-state index < -0.39 is 17.3 Å². The highest BCUT2D eigenvalue weighted by atomic mass is 16.6. The van der Waals surface area contributed by atoms with Crippen LogP contribution in [0.15, 0.2) is 88.1 Å². The van der Waals surface area contributed by atoms with Crippen LogP contribution in [0.3, 0.4) is 0 Å². The van der Waals surface area contributed by atoms with Gasteiger partial charge in [-0.2, -0.15) is 0 Å². The molecule has 0 aliphatic carbocycles. The summed E-state index contributed by atoms with van der Waals surface area (Å²) in [6.07, 6.45) is 0. The number of Topliss-reactive ketones (excluding diaryl/α,β-unsaturated/α-hetero) is 1. The van der Waals surface area contributed by atoms with Gasteiger partial charge in [-0.1, -0.05) is 42.5 Å². The Bertz CT molecular complexity index is 1290. The molecule has 0 aliphatic rings. The van der Waals surface area contributed by atoms with Gasteiger partial charge in [0.05, 0.1) is 10.3 Å². The predicted molar refractivity (Wildman–Crippen MR) is 111 cm³/mol. The quantitative estimate of drug-likeness (QED) is 0.265. The van der Waals surface area contributed by atoms with Gasteiger partial charge in [0, 0.05) is 23.3 Å². The Morgan fingerprint density at radius 2 is 1.60 bits per heavy atom. The Labute approximate surface area is 170 Å². The first-order chi connectivity index (χ1) is 14.5. The summed E-state index contributed by atoms with van der Waals surface area (Å²) in [6, 6.07) is 21.0. The number of carbonyl (C=O) groups excluding carboxylic acids is 1. The van der Waals surface area contributed by atoms with E-state index in [4.69, 9.17) is 9.15 Å². The fourth-order valence-corrected chi connectivity index (χ4v) is 3.03. The maximum absolute atomic E-state index is 13.0. The third kappa shape index (κ3) is 3.68. The molecule has 0 saturated heterocycles. The summed E-state index contributed by atoms with van der Waals surface area (Å²) in [6.45, 7) is -0.416. The molecule has 7 nitrogen and oxygen atoms in total. The molecule has 3 aromatic carbocycles. The van der Waals surface area contributed by atoms with Gasteiger partial charge in [0.2, 0.25) is 11.2 Å². The van der Waals surface area contributed by atoms with Crippen LogP contribution in [0.25, 0.3) is 22.3 Å². The van der Waals surface area contributed by atoms with E-state index in [0.29, 0.717) is 16.5 Å². The number of hydrogen-bond donors (Lipinski definition) is 0. The van der Waals surface area contributed by atoms with E-state index in [2.05, 4.69) is 0 Å². The second kappa shape index (κ2) is 8.00. The zero-order valence-electron chi connectivity index (χ0n) is 15.6. The Morgan fingerprint density at radius 3 is 2.30 bits per heavy atom. The highest BCUT2D eigenvalue weighted by Crippen LogP contribution is 2.30. The van der Waals surface area contributed by atoms with E-state index in [0.717, 1.165) is 0 Å². The molecule has 0 unspecified atom stereocenters. The van der Waals surface area contributed by atoms with E-state index in [1.807, 2.05) is 6.07 Å². The molecular formula is C23H15NO6. The minimum Gasteiger partial charge on any atom is -0.478 e. The standard InChI is InChI=1S/C23H15NO6/c25-19(15-10-12-17(13-11-15)24(27)28)14-29-23-21(26)18-8-4-5-9-20(18)30-22(23)16-6-2-1-3-7-16/h1-13H,14H2. The molecule has 4 aromatic rings. The number of ether oxygens (including phenoxy) is 1. The van der Waals surface area contributed by atoms with Crippen LogP contribution in [0.4, 0.5) is 5.69 Å². The number of hydrogen-bond acceptors (Lipinski definition) is 6.